The largest absolute Gasteiger partial charge is 0.316 e. The Balaban J connectivity index is 2.30. The van der Waals surface area contributed by atoms with E-state index in [4.69, 9.17) is 0 Å². The lowest BCUT2D eigenvalue weighted by atomic mass is 9.83. The number of para-hydroxylation sites is 1. The third kappa shape index (κ3) is 3.67. The van der Waals surface area contributed by atoms with Gasteiger partial charge in [0.15, 0.2) is 0 Å². The standard InChI is InChI=1S/C16H22N2O2/c1-17-12-15(13-7-3-2-4-8-13)11-14-9-5-6-10-16(14)18(19)20/h5-6,9-11,13,17H,2-4,7-8,12H2,1H3/b15-11-. The van der Waals surface area contributed by atoms with Crippen molar-refractivity contribution in [3.8, 4) is 0 Å². The fraction of sp³-hybridized carbons (Fsp3) is 0.500. The molecule has 1 fully saturated rings. The zero-order valence-corrected chi connectivity index (χ0v) is 12.0. The monoisotopic (exact) mass is 274 g/mol. The van der Waals surface area contributed by atoms with Crippen LogP contribution in [0.15, 0.2) is 29.8 Å². The van der Waals surface area contributed by atoms with Gasteiger partial charge in [-0.3, -0.25) is 10.1 Å². The maximum Gasteiger partial charge on any atom is 0.276 e. The van der Waals surface area contributed by atoms with Gasteiger partial charge >= 0.3 is 0 Å². The SMILES string of the molecule is CNC/C(=C/c1ccccc1[N+](=O)[O-])C1CCCCC1. The number of nitrogens with zero attached hydrogens (tertiary/aromatic N) is 1. The van der Waals surface area contributed by atoms with E-state index in [2.05, 4.69) is 5.32 Å². The van der Waals surface area contributed by atoms with E-state index in [9.17, 15) is 10.1 Å². The molecule has 0 aromatic heterocycles. The van der Waals surface area contributed by atoms with Crippen molar-refractivity contribution in [1.29, 1.82) is 0 Å². The van der Waals surface area contributed by atoms with Gasteiger partial charge in [-0.2, -0.15) is 0 Å². The molecule has 0 heterocycles. The average molecular weight is 274 g/mol. The van der Waals surface area contributed by atoms with Gasteiger partial charge in [-0.25, -0.2) is 0 Å². The maximum atomic E-state index is 11.1. The molecule has 0 unspecified atom stereocenters. The molecule has 0 spiro atoms. The first-order chi connectivity index (χ1) is 9.72. The van der Waals surface area contributed by atoms with E-state index in [0.717, 1.165) is 6.54 Å². The molecule has 20 heavy (non-hydrogen) atoms. The molecular formula is C16H22N2O2. The Bertz CT molecular complexity index is 491. The van der Waals surface area contributed by atoms with Crippen molar-refractivity contribution in [1.82, 2.24) is 5.32 Å². The minimum Gasteiger partial charge on any atom is -0.316 e. The second kappa shape index (κ2) is 7.20. The Morgan fingerprint density at radius 1 is 1.35 bits per heavy atom. The summed E-state index contributed by atoms with van der Waals surface area (Å²) < 4.78 is 0. The molecule has 4 nitrogen and oxygen atoms in total. The number of benzene rings is 1. The predicted molar refractivity (Wildman–Crippen MR) is 81.6 cm³/mol. The molecule has 1 N–H and O–H groups in total. The summed E-state index contributed by atoms with van der Waals surface area (Å²) in [6.45, 7) is 0.802. The van der Waals surface area contributed by atoms with Crippen molar-refractivity contribution in [3.63, 3.8) is 0 Å². The van der Waals surface area contributed by atoms with Gasteiger partial charge in [0, 0.05) is 12.6 Å². The lowest BCUT2D eigenvalue weighted by molar-refractivity contribution is -0.385. The summed E-state index contributed by atoms with van der Waals surface area (Å²) in [5.41, 5.74) is 2.20. The van der Waals surface area contributed by atoms with Crippen LogP contribution in [0.3, 0.4) is 0 Å². The van der Waals surface area contributed by atoms with E-state index in [1.165, 1.54) is 37.7 Å². The van der Waals surface area contributed by atoms with E-state index >= 15 is 0 Å². The van der Waals surface area contributed by atoms with E-state index in [0.29, 0.717) is 11.5 Å². The van der Waals surface area contributed by atoms with Gasteiger partial charge in [0.25, 0.3) is 5.69 Å². The molecule has 0 atom stereocenters. The maximum absolute atomic E-state index is 11.1. The summed E-state index contributed by atoms with van der Waals surface area (Å²) in [7, 11) is 1.93. The number of nitrogens with one attached hydrogen (secondary N) is 1. The van der Waals surface area contributed by atoms with Gasteiger partial charge < -0.3 is 5.32 Å². The van der Waals surface area contributed by atoms with Crippen LogP contribution in [0, 0.1) is 16.0 Å². The van der Waals surface area contributed by atoms with Crippen LogP contribution in [0.4, 0.5) is 5.69 Å². The smallest absolute Gasteiger partial charge is 0.276 e. The Labute approximate surface area is 120 Å². The molecule has 2 rings (SSSR count). The molecule has 0 aliphatic heterocycles. The van der Waals surface area contributed by atoms with Gasteiger partial charge in [0.05, 0.1) is 10.5 Å². The molecule has 1 aliphatic carbocycles. The van der Waals surface area contributed by atoms with Crippen molar-refractivity contribution in [2.75, 3.05) is 13.6 Å². The topological polar surface area (TPSA) is 55.2 Å². The quantitative estimate of drug-likeness (QED) is 0.656. The van der Waals surface area contributed by atoms with Crippen molar-refractivity contribution < 1.29 is 4.92 Å². The first-order valence-electron chi connectivity index (χ1n) is 7.31. The highest BCUT2D eigenvalue weighted by atomic mass is 16.6. The molecule has 1 aromatic carbocycles. The minimum atomic E-state index is -0.302. The highest BCUT2D eigenvalue weighted by molar-refractivity contribution is 5.63. The molecule has 0 bridgehead atoms. The second-order valence-electron chi connectivity index (χ2n) is 5.40. The van der Waals surface area contributed by atoms with Crippen LogP contribution in [0.1, 0.15) is 37.7 Å². The number of hydrogen-bond acceptors (Lipinski definition) is 3. The third-order valence-electron chi connectivity index (χ3n) is 3.98. The predicted octanol–water partition coefficient (Wildman–Crippen LogP) is 3.78. The summed E-state index contributed by atoms with van der Waals surface area (Å²) in [6, 6.07) is 6.98. The Kier molecular flexibility index (Phi) is 5.30. The van der Waals surface area contributed by atoms with Crippen molar-refractivity contribution in [3.05, 3.63) is 45.5 Å². The summed E-state index contributed by atoms with van der Waals surface area (Å²) in [5.74, 6) is 0.566. The van der Waals surface area contributed by atoms with Gasteiger partial charge in [0.1, 0.15) is 0 Å². The average Bonchev–Trinajstić information content (AvgIpc) is 2.48. The van der Waals surface area contributed by atoms with Crippen LogP contribution in [0.25, 0.3) is 6.08 Å². The summed E-state index contributed by atoms with van der Waals surface area (Å²) in [4.78, 5) is 10.8. The fourth-order valence-corrected chi connectivity index (χ4v) is 2.97. The summed E-state index contributed by atoms with van der Waals surface area (Å²) in [6.07, 6.45) is 8.27. The first kappa shape index (κ1) is 14.7. The number of likely N-dealkylation sites (N-methyl/N-ethyl adjacent to an activating group) is 1. The molecule has 1 aliphatic rings. The van der Waals surface area contributed by atoms with E-state index < -0.39 is 0 Å². The van der Waals surface area contributed by atoms with E-state index in [1.807, 2.05) is 25.3 Å². The molecule has 1 aromatic rings. The van der Waals surface area contributed by atoms with Gasteiger partial charge in [-0.05, 0) is 37.9 Å². The zero-order chi connectivity index (χ0) is 14.4. The highest BCUT2D eigenvalue weighted by Crippen LogP contribution is 2.31. The summed E-state index contributed by atoms with van der Waals surface area (Å²) in [5, 5.41) is 14.3. The zero-order valence-electron chi connectivity index (χ0n) is 12.0. The fourth-order valence-electron chi connectivity index (χ4n) is 2.97. The van der Waals surface area contributed by atoms with Gasteiger partial charge in [0.2, 0.25) is 0 Å². The van der Waals surface area contributed by atoms with Crippen LogP contribution < -0.4 is 5.32 Å². The highest BCUT2D eigenvalue weighted by Gasteiger charge is 2.19. The second-order valence-corrected chi connectivity index (χ2v) is 5.40. The first-order valence-corrected chi connectivity index (χ1v) is 7.31. The Morgan fingerprint density at radius 3 is 2.70 bits per heavy atom. The van der Waals surface area contributed by atoms with Gasteiger partial charge in [-0.15, -0.1) is 0 Å². The number of nitro groups is 1. The summed E-state index contributed by atoms with van der Waals surface area (Å²) >= 11 is 0. The number of hydrogen-bond donors (Lipinski definition) is 1. The Morgan fingerprint density at radius 2 is 2.05 bits per heavy atom. The lowest BCUT2D eigenvalue weighted by Gasteiger charge is -2.24. The number of rotatable bonds is 5. The molecule has 4 heteroatoms. The minimum absolute atomic E-state index is 0.192. The van der Waals surface area contributed by atoms with E-state index in [1.54, 1.807) is 12.1 Å². The molecule has 0 saturated heterocycles. The van der Waals surface area contributed by atoms with Crippen LogP contribution in [-0.4, -0.2) is 18.5 Å². The van der Waals surface area contributed by atoms with Crippen molar-refractivity contribution >= 4 is 11.8 Å². The van der Waals surface area contributed by atoms with Crippen LogP contribution in [-0.2, 0) is 0 Å². The molecule has 0 radical (unpaired) electrons. The van der Waals surface area contributed by atoms with Crippen molar-refractivity contribution in [2.45, 2.75) is 32.1 Å². The molecule has 0 amide bonds. The lowest BCUT2D eigenvalue weighted by Crippen LogP contribution is -2.19. The van der Waals surface area contributed by atoms with Crippen molar-refractivity contribution in [2.24, 2.45) is 5.92 Å². The normalized spacial score (nSPS) is 17.1. The molecular weight excluding hydrogens is 252 g/mol. The third-order valence-corrected chi connectivity index (χ3v) is 3.98. The Hall–Kier alpha value is -1.68. The molecule has 108 valence electrons. The van der Waals surface area contributed by atoms with Gasteiger partial charge in [-0.1, -0.05) is 37.0 Å². The molecule has 1 saturated carbocycles. The van der Waals surface area contributed by atoms with E-state index in [-0.39, 0.29) is 10.6 Å². The number of nitro benzene ring substituents is 1. The van der Waals surface area contributed by atoms with Crippen LogP contribution in [0.2, 0.25) is 0 Å². The van der Waals surface area contributed by atoms with Crippen LogP contribution >= 0.6 is 0 Å². The van der Waals surface area contributed by atoms with Crippen LogP contribution in [0.5, 0.6) is 0 Å².